The van der Waals surface area contributed by atoms with Crippen molar-refractivity contribution in [1.82, 2.24) is 5.32 Å². The largest absolute Gasteiger partial charge is 0.497 e. The molecule has 2 rings (SSSR count). The number of hydrogen-bond donors (Lipinski definition) is 1. The Morgan fingerprint density at radius 1 is 1.04 bits per heavy atom. The molecule has 0 bridgehead atoms. The minimum absolute atomic E-state index is 0.127. The molecule has 0 radical (unpaired) electrons. The van der Waals surface area contributed by atoms with E-state index in [1.165, 1.54) is 0 Å². The van der Waals surface area contributed by atoms with Crippen molar-refractivity contribution < 1.29 is 19.1 Å². The average Bonchev–Trinajstić information content (AvgIpc) is 2.71. The molecular weight excluding hydrogens is 342 g/mol. The van der Waals surface area contributed by atoms with Gasteiger partial charge in [-0.15, -0.1) is 0 Å². The second-order valence-electron chi connectivity index (χ2n) is 6.51. The van der Waals surface area contributed by atoms with Gasteiger partial charge in [0.05, 0.1) is 13.0 Å². The Balaban J connectivity index is 1.87. The zero-order valence-corrected chi connectivity index (χ0v) is 16.1. The first-order chi connectivity index (χ1) is 13.0. The van der Waals surface area contributed by atoms with Gasteiger partial charge in [-0.05, 0) is 29.2 Å². The monoisotopic (exact) mass is 369 g/mol. The highest BCUT2D eigenvalue weighted by Crippen LogP contribution is 2.28. The molecular formula is C22H27NO4. The van der Waals surface area contributed by atoms with Gasteiger partial charge in [-0.25, -0.2) is 0 Å². The van der Waals surface area contributed by atoms with Gasteiger partial charge in [-0.2, -0.15) is 0 Å². The number of amides is 1. The van der Waals surface area contributed by atoms with Crippen LogP contribution in [0.3, 0.4) is 0 Å². The van der Waals surface area contributed by atoms with E-state index < -0.39 is 0 Å². The smallest absolute Gasteiger partial charge is 0.314 e. The van der Waals surface area contributed by atoms with Crippen molar-refractivity contribution in [2.45, 2.75) is 32.7 Å². The molecule has 0 aliphatic heterocycles. The van der Waals surface area contributed by atoms with Crippen molar-refractivity contribution >= 4 is 11.9 Å². The molecule has 2 atom stereocenters. The normalized spacial score (nSPS) is 12.7. The summed E-state index contributed by atoms with van der Waals surface area (Å²) >= 11 is 0. The number of methoxy groups -OCH3 is 1. The Bertz CT molecular complexity index is 728. The Labute approximate surface area is 160 Å². The summed E-state index contributed by atoms with van der Waals surface area (Å²) in [5.74, 6) is -0.172. The molecule has 0 unspecified atom stereocenters. The number of hydrogen-bond acceptors (Lipinski definition) is 4. The van der Waals surface area contributed by atoms with Gasteiger partial charge in [0.1, 0.15) is 5.75 Å². The van der Waals surface area contributed by atoms with Gasteiger partial charge in [0.25, 0.3) is 5.91 Å². The Hall–Kier alpha value is -2.82. The highest BCUT2D eigenvalue weighted by atomic mass is 16.5. The third kappa shape index (κ3) is 6.13. The fourth-order valence-corrected chi connectivity index (χ4v) is 2.81. The first-order valence-electron chi connectivity index (χ1n) is 9.16. The van der Waals surface area contributed by atoms with Gasteiger partial charge in [-0.3, -0.25) is 9.59 Å². The molecule has 0 heterocycles. The lowest BCUT2D eigenvalue weighted by Gasteiger charge is -2.21. The first-order valence-corrected chi connectivity index (χ1v) is 9.16. The average molecular weight is 369 g/mol. The van der Waals surface area contributed by atoms with Gasteiger partial charge >= 0.3 is 5.97 Å². The first kappa shape index (κ1) is 20.5. The summed E-state index contributed by atoms with van der Waals surface area (Å²) in [6, 6.07) is 17.0. The van der Waals surface area contributed by atoms with Crippen LogP contribution in [0.15, 0.2) is 54.6 Å². The minimum Gasteiger partial charge on any atom is -0.497 e. The van der Waals surface area contributed by atoms with Crippen molar-refractivity contribution in [3.8, 4) is 5.75 Å². The van der Waals surface area contributed by atoms with E-state index in [2.05, 4.69) is 5.32 Å². The Kier molecular flexibility index (Phi) is 7.86. The standard InChI is InChI=1S/C22H27NO4/c1-4-16(2)21(18-8-6-5-7-9-18)22(25)27-15-20(24)23-14-17-10-12-19(26-3)13-11-17/h5-13,16,21H,4,14-15H2,1-3H3,(H,23,24)/t16-,21-/m0/s1. The maximum Gasteiger partial charge on any atom is 0.314 e. The number of nitrogens with one attached hydrogen (secondary N) is 1. The third-order valence-corrected chi connectivity index (χ3v) is 4.62. The maximum atomic E-state index is 12.6. The summed E-state index contributed by atoms with van der Waals surface area (Å²) in [6.45, 7) is 4.14. The van der Waals surface area contributed by atoms with Crippen LogP contribution >= 0.6 is 0 Å². The molecule has 27 heavy (non-hydrogen) atoms. The number of carbonyl (C=O) groups excluding carboxylic acids is 2. The van der Waals surface area contributed by atoms with Crippen LogP contribution in [0.2, 0.25) is 0 Å². The molecule has 0 spiro atoms. The van der Waals surface area contributed by atoms with Crippen LogP contribution in [-0.2, 0) is 20.9 Å². The number of rotatable bonds is 9. The molecule has 0 aromatic heterocycles. The zero-order valence-electron chi connectivity index (χ0n) is 16.1. The molecule has 5 nitrogen and oxygen atoms in total. The van der Waals surface area contributed by atoms with E-state index in [1.54, 1.807) is 7.11 Å². The number of ether oxygens (including phenoxy) is 2. The van der Waals surface area contributed by atoms with Crippen molar-refractivity contribution in [2.24, 2.45) is 5.92 Å². The fourth-order valence-electron chi connectivity index (χ4n) is 2.81. The van der Waals surface area contributed by atoms with Gasteiger partial charge in [0.15, 0.2) is 6.61 Å². The maximum absolute atomic E-state index is 12.6. The van der Waals surface area contributed by atoms with E-state index in [-0.39, 0.29) is 30.3 Å². The summed E-state index contributed by atoms with van der Waals surface area (Å²) in [5.41, 5.74) is 1.85. The van der Waals surface area contributed by atoms with Crippen molar-refractivity contribution in [3.63, 3.8) is 0 Å². The van der Waals surface area contributed by atoms with E-state index in [4.69, 9.17) is 9.47 Å². The van der Waals surface area contributed by atoms with Crippen LogP contribution in [0.5, 0.6) is 5.75 Å². The second-order valence-corrected chi connectivity index (χ2v) is 6.51. The molecule has 1 N–H and O–H groups in total. The number of benzene rings is 2. The van der Waals surface area contributed by atoms with E-state index in [0.717, 1.165) is 23.3 Å². The van der Waals surface area contributed by atoms with Crippen LogP contribution in [0.4, 0.5) is 0 Å². The SMILES string of the molecule is CC[C@H](C)[C@H](C(=O)OCC(=O)NCc1ccc(OC)cc1)c1ccccc1. The van der Waals surface area contributed by atoms with E-state index in [1.807, 2.05) is 68.4 Å². The predicted molar refractivity (Wildman–Crippen MR) is 104 cm³/mol. The number of carbonyl (C=O) groups is 2. The fraction of sp³-hybridized carbons (Fsp3) is 0.364. The highest BCUT2D eigenvalue weighted by Gasteiger charge is 2.27. The molecule has 0 aliphatic rings. The van der Waals surface area contributed by atoms with Crippen molar-refractivity contribution in [2.75, 3.05) is 13.7 Å². The summed E-state index contributed by atoms with van der Waals surface area (Å²) in [7, 11) is 1.60. The van der Waals surface area contributed by atoms with Crippen molar-refractivity contribution in [3.05, 3.63) is 65.7 Å². The second kappa shape index (κ2) is 10.4. The minimum atomic E-state index is -0.370. The zero-order chi connectivity index (χ0) is 19.6. The van der Waals surface area contributed by atoms with E-state index in [9.17, 15) is 9.59 Å². The van der Waals surface area contributed by atoms with Gasteiger partial charge in [0.2, 0.25) is 0 Å². The lowest BCUT2D eigenvalue weighted by molar-refractivity contribution is -0.151. The molecule has 0 fully saturated rings. The molecule has 2 aromatic carbocycles. The van der Waals surface area contributed by atoms with E-state index in [0.29, 0.717) is 6.54 Å². The number of esters is 1. The summed E-state index contributed by atoms with van der Waals surface area (Å²) in [6.07, 6.45) is 0.846. The van der Waals surface area contributed by atoms with Crippen LogP contribution in [0.1, 0.15) is 37.3 Å². The molecule has 0 saturated carbocycles. The van der Waals surface area contributed by atoms with Crippen molar-refractivity contribution in [1.29, 1.82) is 0 Å². The van der Waals surface area contributed by atoms with Gasteiger partial charge in [-0.1, -0.05) is 62.7 Å². The van der Waals surface area contributed by atoms with Crippen LogP contribution in [0.25, 0.3) is 0 Å². The van der Waals surface area contributed by atoms with Gasteiger partial charge < -0.3 is 14.8 Å². The Morgan fingerprint density at radius 3 is 2.30 bits per heavy atom. The summed E-state index contributed by atoms with van der Waals surface area (Å²) in [5, 5.41) is 2.76. The molecule has 5 heteroatoms. The topological polar surface area (TPSA) is 64.6 Å². The predicted octanol–water partition coefficient (Wildman–Crippen LogP) is 3.68. The highest BCUT2D eigenvalue weighted by molar-refractivity contribution is 5.83. The van der Waals surface area contributed by atoms with E-state index >= 15 is 0 Å². The molecule has 0 aliphatic carbocycles. The molecule has 1 amide bonds. The molecule has 144 valence electrons. The van der Waals surface area contributed by atoms with Gasteiger partial charge in [0, 0.05) is 6.54 Å². The molecule has 2 aromatic rings. The van der Waals surface area contributed by atoms with Crippen LogP contribution in [-0.4, -0.2) is 25.6 Å². The van der Waals surface area contributed by atoms with Crippen LogP contribution < -0.4 is 10.1 Å². The van der Waals surface area contributed by atoms with Crippen LogP contribution in [0, 0.1) is 5.92 Å². The third-order valence-electron chi connectivity index (χ3n) is 4.62. The Morgan fingerprint density at radius 2 is 1.70 bits per heavy atom. The molecule has 0 saturated heterocycles. The lowest BCUT2D eigenvalue weighted by atomic mass is 9.86. The lowest BCUT2D eigenvalue weighted by Crippen LogP contribution is -2.30. The summed E-state index contributed by atoms with van der Waals surface area (Å²) in [4.78, 5) is 24.6. The quantitative estimate of drug-likeness (QED) is 0.685. The summed E-state index contributed by atoms with van der Waals surface area (Å²) < 4.78 is 10.4.